The lowest BCUT2D eigenvalue weighted by Crippen LogP contribution is -2.19. The third-order valence-corrected chi connectivity index (χ3v) is 6.07. The van der Waals surface area contributed by atoms with Crippen LogP contribution < -0.4 is 5.32 Å². The van der Waals surface area contributed by atoms with Crippen LogP contribution in [0.25, 0.3) is 22.5 Å². The summed E-state index contributed by atoms with van der Waals surface area (Å²) in [7, 11) is 0. The number of benzene rings is 1. The fourth-order valence-corrected chi connectivity index (χ4v) is 4.17. The SMILES string of the molecule is CCOC(=O)c1cnn(-c2cc(C)c3cccc(C)c3n2)c1NC(=O)c1cnn(-c2ccccn2)c1C. The van der Waals surface area contributed by atoms with Gasteiger partial charge < -0.3 is 10.1 Å². The van der Waals surface area contributed by atoms with Crippen molar-refractivity contribution in [1.82, 2.24) is 29.5 Å². The molecule has 37 heavy (non-hydrogen) atoms. The molecule has 0 atom stereocenters. The van der Waals surface area contributed by atoms with E-state index >= 15 is 0 Å². The van der Waals surface area contributed by atoms with E-state index in [0.29, 0.717) is 22.9 Å². The highest BCUT2D eigenvalue weighted by molar-refractivity contribution is 6.08. The second-order valence-corrected chi connectivity index (χ2v) is 8.51. The van der Waals surface area contributed by atoms with Gasteiger partial charge in [0.05, 0.1) is 35.8 Å². The van der Waals surface area contributed by atoms with Gasteiger partial charge in [0.25, 0.3) is 5.91 Å². The molecule has 4 heterocycles. The molecule has 0 saturated heterocycles. The van der Waals surface area contributed by atoms with Crippen LogP contribution in [-0.4, -0.2) is 48.0 Å². The lowest BCUT2D eigenvalue weighted by Gasteiger charge is -2.13. The zero-order chi connectivity index (χ0) is 26.1. The van der Waals surface area contributed by atoms with E-state index < -0.39 is 11.9 Å². The van der Waals surface area contributed by atoms with Gasteiger partial charge in [-0.25, -0.2) is 19.4 Å². The minimum Gasteiger partial charge on any atom is -0.462 e. The number of fused-ring (bicyclic) bond motifs is 1. The minimum atomic E-state index is -0.598. The van der Waals surface area contributed by atoms with Crippen LogP contribution in [0.5, 0.6) is 0 Å². The number of para-hydroxylation sites is 1. The number of pyridine rings is 2. The van der Waals surface area contributed by atoms with Gasteiger partial charge in [-0.3, -0.25) is 4.79 Å². The first kappa shape index (κ1) is 23.9. The normalized spacial score (nSPS) is 11.0. The Morgan fingerprint density at radius 3 is 2.46 bits per heavy atom. The summed E-state index contributed by atoms with van der Waals surface area (Å²) < 4.78 is 8.24. The molecule has 1 amide bonds. The summed E-state index contributed by atoms with van der Waals surface area (Å²) in [5.74, 6) is 0.154. The third-order valence-electron chi connectivity index (χ3n) is 6.07. The fourth-order valence-electron chi connectivity index (χ4n) is 4.17. The number of esters is 1. The topological polar surface area (TPSA) is 117 Å². The Kier molecular flexibility index (Phi) is 6.22. The van der Waals surface area contributed by atoms with Crippen LogP contribution in [0.1, 0.15) is 44.5 Å². The second-order valence-electron chi connectivity index (χ2n) is 8.51. The molecule has 186 valence electrons. The number of anilines is 1. The van der Waals surface area contributed by atoms with E-state index in [1.807, 2.05) is 44.2 Å². The van der Waals surface area contributed by atoms with Gasteiger partial charge in [0.15, 0.2) is 17.5 Å². The van der Waals surface area contributed by atoms with Crippen molar-refractivity contribution in [2.45, 2.75) is 27.7 Å². The van der Waals surface area contributed by atoms with Crippen molar-refractivity contribution in [3.8, 4) is 11.6 Å². The molecular weight excluding hydrogens is 470 g/mol. The number of aryl methyl sites for hydroxylation is 2. The van der Waals surface area contributed by atoms with Gasteiger partial charge in [-0.1, -0.05) is 24.3 Å². The van der Waals surface area contributed by atoms with Gasteiger partial charge in [0.1, 0.15) is 5.56 Å². The van der Waals surface area contributed by atoms with Crippen LogP contribution in [0, 0.1) is 20.8 Å². The van der Waals surface area contributed by atoms with Crippen LogP contribution in [0.2, 0.25) is 0 Å². The average molecular weight is 496 g/mol. The fraction of sp³-hybridized carbons (Fsp3) is 0.185. The molecule has 1 aromatic carbocycles. The van der Waals surface area contributed by atoms with Crippen LogP contribution in [0.15, 0.2) is 61.1 Å². The van der Waals surface area contributed by atoms with Crippen molar-refractivity contribution in [3.63, 3.8) is 0 Å². The molecule has 0 aliphatic heterocycles. The molecule has 10 heteroatoms. The molecule has 10 nitrogen and oxygen atoms in total. The smallest absolute Gasteiger partial charge is 0.343 e. The van der Waals surface area contributed by atoms with Crippen molar-refractivity contribution >= 4 is 28.6 Å². The molecule has 0 spiro atoms. The quantitative estimate of drug-likeness (QED) is 0.348. The standard InChI is InChI=1S/C27H25N7O3/c1-5-37-27(36)21-15-30-34(23-13-17(3)19-10-8-9-16(2)24(19)31-23)25(21)32-26(35)20-14-29-33(18(20)4)22-11-6-7-12-28-22/h6-15H,5H2,1-4H3,(H,32,35). The van der Waals surface area contributed by atoms with Crippen LogP contribution in [0.4, 0.5) is 5.82 Å². The molecule has 0 bridgehead atoms. The van der Waals surface area contributed by atoms with E-state index in [-0.39, 0.29) is 18.0 Å². The first-order chi connectivity index (χ1) is 17.9. The van der Waals surface area contributed by atoms with Crippen LogP contribution >= 0.6 is 0 Å². The molecule has 0 radical (unpaired) electrons. The van der Waals surface area contributed by atoms with Gasteiger partial charge in [0.2, 0.25) is 0 Å². The summed E-state index contributed by atoms with van der Waals surface area (Å²) in [5.41, 5.74) is 3.84. The molecule has 0 aliphatic carbocycles. The number of carbonyl (C=O) groups excluding carboxylic acids is 2. The molecule has 0 aliphatic rings. The van der Waals surface area contributed by atoms with Gasteiger partial charge in [-0.2, -0.15) is 14.9 Å². The van der Waals surface area contributed by atoms with Crippen LogP contribution in [-0.2, 0) is 4.74 Å². The van der Waals surface area contributed by atoms with Crippen molar-refractivity contribution in [2.75, 3.05) is 11.9 Å². The predicted molar refractivity (Wildman–Crippen MR) is 138 cm³/mol. The lowest BCUT2D eigenvalue weighted by molar-refractivity contribution is 0.0527. The maximum Gasteiger partial charge on any atom is 0.343 e. The largest absolute Gasteiger partial charge is 0.462 e. The number of ether oxygens (including phenoxy) is 1. The Morgan fingerprint density at radius 1 is 0.919 bits per heavy atom. The number of hydrogen-bond acceptors (Lipinski definition) is 7. The predicted octanol–water partition coefficient (Wildman–Crippen LogP) is 4.36. The van der Waals surface area contributed by atoms with Crippen molar-refractivity contribution in [1.29, 1.82) is 0 Å². The van der Waals surface area contributed by atoms with E-state index in [9.17, 15) is 9.59 Å². The maximum absolute atomic E-state index is 13.4. The zero-order valence-corrected chi connectivity index (χ0v) is 20.9. The Hall–Kier alpha value is -4.86. The van der Waals surface area contributed by atoms with Crippen LogP contribution in [0.3, 0.4) is 0 Å². The number of nitrogens with zero attached hydrogens (tertiary/aromatic N) is 6. The summed E-state index contributed by atoms with van der Waals surface area (Å²) in [6.07, 6.45) is 4.49. The van der Waals surface area contributed by atoms with Crippen molar-refractivity contribution in [3.05, 3.63) is 89.0 Å². The highest BCUT2D eigenvalue weighted by Crippen LogP contribution is 2.26. The summed E-state index contributed by atoms with van der Waals surface area (Å²) in [6, 6.07) is 13.3. The Balaban J connectivity index is 1.58. The molecule has 0 unspecified atom stereocenters. The first-order valence-electron chi connectivity index (χ1n) is 11.8. The number of aromatic nitrogens is 6. The molecule has 0 fully saturated rings. The monoisotopic (exact) mass is 495 g/mol. The van der Waals surface area contributed by atoms with E-state index in [1.165, 1.54) is 17.1 Å². The number of amides is 1. The maximum atomic E-state index is 13.4. The van der Waals surface area contributed by atoms with Crippen molar-refractivity contribution in [2.24, 2.45) is 0 Å². The van der Waals surface area contributed by atoms with Gasteiger partial charge in [-0.15, -0.1) is 0 Å². The van der Waals surface area contributed by atoms with E-state index in [1.54, 1.807) is 36.9 Å². The second kappa shape index (κ2) is 9.65. The summed E-state index contributed by atoms with van der Waals surface area (Å²) in [4.78, 5) is 35.3. The average Bonchev–Trinajstić information content (AvgIpc) is 3.49. The number of hydrogen-bond donors (Lipinski definition) is 1. The highest BCUT2D eigenvalue weighted by Gasteiger charge is 2.25. The summed E-state index contributed by atoms with van der Waals surface area (Å²) in [5, 5.41) is 12.6. The number of nitrogens with one attached hydrogen (secondary N) is 1. The summed E-state index contributed by atoms with van der Waals surface area (Å²) in [6.45, 7) is 7.64. The molecule has 5 rings (SSSR count). The number of carbonyl (C=O) groups is 2. The molecule has 0 saturated carbocycles. The lowest BCUT2D eigenvalue weighted by atomic mass is 10.1. The van der Waals surface area contributed by atoms with Gasteiger partial charge in [0, 0.05) is 11.6 Å². The third kappa shape index (κ3) is 4.33. The highest BCUT2D eigenvalue weighted by atomic mass is 16.5. The summed E-state index contributed by atoms with van der Waals surface area (Å²) >= 11 is 0. The van der Waals surface area contributed by atoms with E-state index in [0.717, 1.165) is 22.0 Å². The Bertz CT molecular complexity index is 1640. The first-order valence-corrected chi connectivity index (χ1v) is 11.8. The minimum absolute atomic E-state index is 0.120. The zero-order valence-electron chi connectivity index (χ0n) is 20.9. The molecule has 5 aromatic rings. The Labute approximate surface area is 212 Å². The Morgan fingerprint density at radius 2 is 1.70 bits per heavy atom. The van der Waals surface area contributed by atoms with E-state index in [4.69, 9.17) is 9.72 Å². The van der Waals surface area contributed by atoms with E-state index in [2.05, 4.69) is 20.5 Å². The molecule has 4 aromatic heterocycles. The van der Waals surface area contributed by atoms with Gasteiger partial charge >= 0.3 is 5.97 Å². The molecule has 1 N–H and O–H groups in total. The van der Waals surface area contributed by atoms with Gasteiger partial charge in [-0.05, 0) is 57.0 Å². The number of rotatable bonds is 6. The van der Waals surface area contributed by atoms with Crippen molar-refractivity contribution < 1.29 is 14.3 Å². The molecular formula is C27H25N7O3.